The first-order chi connectivity index (χ1) is 13.2. The number of ether oxygens (including phenoxy) is 1. The topological polar surface area (TPSA) is 51.5 Å². The molecule has 3 aromatic carbocycles. The van der Waals surface area contributed by atoms with E-state index in [-0.39, 0.29) is 5.91 Å². The molecule has 1 aromatic heterocycles. The van der Waals surface area contributed by atoms with E-state index in [0.29, 0.717) is 18.9 Å². The molecule has 0 saturated heterocycles. The van der Waals surface area contributed by atoms with E-state index in [1.165, 1.54) is 0 Å². The van der Waals surface area contributed by atoms with Gasteiger partial charge in [0.1, 0.15) is 5.58 Å². The zero-order valence-corrected chi connectivity index (χ0v) is 15.4. The Labute approximate surface area is 157 Å². The smallest absolute Gasteiger partial charge is 0.287 e. The monoisotopic (exact) mass is 359 g/mol. The Morgan fingerprint density at radius 1 is 0.963 bits per heavy atom. The number of rotatable bonds is 5. The van der Waals surface area contributed by atoms with Crippen molar-refractivity contribution in [2.45, 2.75) is 20.1 Å². The Balaban J connectivity index is 1.57. The maximum atomic E-state index is 12.7. The van der Waals surface area contributed by atoms with Gasteiger partial charge in [-0.1, -0.05) is 60.7 Å². The molecule has 0 aliphatic heterocycles. The van der Waals surface area contributed by atoms with Gasteiger partial charge in [-0.25, -0.2) is 0 Å². The highest BCUT2D eigenvalue weighted by atomic mass is 16.5. The van der Waals surface area contributed by atoms with Crippen LogP contribution in [0.25, 0.3) is 21.7 Å². The van der Waals surface area contributed by atoms with Crippen LogP contribution in [-0.2, 0) is 17.9 Å². The number of carbonyl (C=O) groups excluding carboxylic acids is 1. The van der Waals surface area contributed by atoms with Crippen LogP contribution in [0, 0.1) is 6.92 Å². The fraction of sp³-hybridized carbons (Fsp3) is 0.174. The summed E-state index contributed by atoms with van der Waals surface area (Å²) >= 11 is 0. The maximum absolute atomic E-state index is 12.7. The van der Waals surface area contributed by atoms with Crippen molar-refractivity contribution < 1.29 is 13.9 Å². The summed E-state index contributed by atoms with van der Waals surface area (Å²) < 4.78 is 11.1. The van der Waals surface area contributed by atoms with Gasteiger partial charge in [0, 0.05) is 30.0 Å². The summed E-state index contributed by atoms with van der Waals surface area (Å²) in [5.41, 5.74) is 3.76. The van der Waals surface area contributed by atoms with Crippen LogP contribution in [0.15, 0.2) is 65.1 Å². The number of aryl methyl sites for hydroxylation is 1. The van der Waals surface area contributed by atoms with Crippen LogP contribution in [-0.4, -0.2) is 13.0 Å². The van der Waals surface area contributed by atoms with Gasteiger partial charge in [-0.3, -0.25) is 4.79 Å². The SMILES string of the molecule is COCc1ccc(CNC(=O)c2oc3c(ccc4ccccc43)c2C)cc1. The van der Waals surface area contributed by atoms with Crippen LogP contribution >= 0.6 is 0 Å². The normalized spacial score (nSPS) is 11.2. The summed E-state index contributed by atoms with van der Waals surface area (Å²) in [6.45, 7) is 2.96. The van der Waals surface area contributed by atoms with Gasteiger partial charge >= 0.3 is 0 Å². The first kappa shape index (κ1) is 17.3. The lowest BCUT2D eigenvalue weighted by Gasteiger charge is -2.05. The third-order valence-corrected chi connectivity index (χ3v) is 4.82. The quantitative estimate of drug-likeness (QED) is 0.547. The highest BCUT2D eigenvalue weighted by molar-refractivity contribution is 6.08. The molecule has 0 unspecified atom stereocenters. The van der Waals surface area contributed by atoms with Crippen LogP contribution in [0.3, 0.4) is 0 Å². The first-order valence-electron chi connectivity index (χ1n) is 8.93. The van der Waals surface area contributed by atoms with Gasteiger partial charge in [0.2, 0.25) is 0 Å². The third-order valence-electron chi connectivity index (χ3n) is 4.82. The number of hydrogen-bond acceptors (Lipinski definition) is 3. The highest BCUT2D eigenvalue weighted by Crippen LogP contribution is 2.31. The molecule has 0 bridgehead atoms. The molecule has 4 heteroatoms. The minimum Gasteiger partial charge on any atom is -0.450 e. The third kappa shape index (κ3) is 3.32. The maximum Gasteiger partial charge on any atom is 0.287 e. The Morgan fingerprint density at radius 2 is 1.70 bits per heavy atom. The predicted molar refractivity (Wildman–Crippen MR) is 107 cm³/mol. The van der Waals surface area contributed by atoms with Crippen molar-refractivity contribution in [3.8, 4) is 0 Å². The summed E-state index contributed by atoms with van der Waals surface area (Å²) in [7, 11) is 1.67. The van der Waals surface area contributed by atoms with Crippen molar-refractivity contribution >= 4 is 27.6 Å². The fourth-order valence-electron chi connectivity index (χ4n) is 3.35. The van der Waals surface area contributed by atoms with E-state index in [2.05, 4.69) is 11.4 Å². The Morgan fingerprint density at radius 3 is 2.48 bits per heavy atom. The van der Waals surface area contributed by atoms with Crippen LogP contribution in [0.1, 0.15) is 27.2 Å². The Hall–Kier alpha value is -3.11. The van der Waals surface area contributed by atoms with Gasteiger partial charge in [-0.2, -0.15) is 0 Å². The molecule has 27 heavy (non-hydrogen) atoms. The molecular formula is C23H21NO3. The van der Waals surface area contributed by atoms with Crippen LogP contribution in [0.2, 0.25) is 0 Å². The summed E-state index contributed by atoms with van der Waals surface area (Å²) in [6, 6.07) is 20.1. The highest BCUT2D eigenvalue weighted by Gasteiger charge is 2.18. The van der Waals surface area contributed by atoms with Crippen LogP contribution in [0.4, 0.5) is 0 Å². The van der Waals surface area contributed by atoms with Crippen molar-refractivity contribution in [3.05, 3.63) is 83.1 Å². The molecule has 4 aromatic rings. The van der Waals surface area contributed by atoms with Crippen LogP contribution in [0.5, 0.6) is 0 Å². The molecule has 1 heterocycles. The van der Waals surface area contributed by atoms with E-state index >= 15 is 0 Å². The lowest BCUT2D eigenvalue weighted by Crippen LogP contribution is -2.22. The van der Waals surface area contributed by atoms with Gasteiger partial charge in [-0.05, 0) is 23.4 Å². The second kappa shape index (κ2) is 7.25. The zero-order valence-electron chi connectivity index (χ0n) is 15.4. The molecule has 1 N–H and O–H groups in total. The number of fused-ring (bicyclic) bond motifs is 3. The molecule has 0 fully saturated rings. The van der Waals surface area contributed by atoms with Gasteiger partial charge in [0.15, 0.2) is 5.76 Å². The average molecular weight is 359 g/mol. The Kier molecular flexibility index (Phi) is 4.65. The molecule has 0 radical (unpaired) electrons. The van der Waals surface area contributed by atoms with E-state index in [0.717, 1.165) is 38.4 Å². The van der Waals surface area contributed by atoms with Crippen molar-refractivity contribution in [2.24, 2.45) is 0 Å². The average Bonchev–Trinajstić information content (AvgIpc) is 3.05. The van der Waals surface area contributed by atoms with Gasteiger partial charge < -0.3 is 14.5 Å². The van der Waals surface area contributed by atoms with E-state index in [4.69, 9.17) is 9.15 Å². The summed E-state index contributed by atoms with van der Waals surface area (Å²) in [5, 5.41) is 6.05. The van der Waals surface area contributed by atoms with Crippen molar-refractivity contribution in [2.75, 3.05) is 7.11 Å². The molecule has 136 valence electrons. The molecule has 4 rings (SSSR count). The summed E-state index contributed by atoms with van der Waals surface area (Å²) in [4.78, 5) is 12.7. The van der Waals surface area contributed by atoms with Gasteiger partial charge in [-0.15, -0.1) is 0 Å². The predicted octanol–water partition coefficient (Wildman–Crippen LogP) is 4.97. The van der Waals surface area contributed by atoms with E-state index in [1.54, 1.807) is 7.11 Å². The van der Waals surface area contributed by atoms with Crippen molar-refractivity contribution in [3.63, 3.8) is 0 Å². The molecule has 0 atom stereocenters. The molecule has 0 aliphatic rings. The zero-order chi connectivity index (χ0) is 18.8. The Bertz CT molecular complexity index is 1110. The number of furan rings is 1. The van der Waals surface area contributed by atoms with Crippen molar-refractivity contribution in [1.82, 2.24) is 5.32 Å². The van der Waals surface area contributed by atoms with Crippen LogP contribution < -0.4 is 5.32 Å². The number of benzene rings is 3. The second-order valence-corrected chi connectivity index (χ2v) is 6.65. The molecule has 1 amide bonds. The first-order valence-corrected chi connectivity index (χ1v) is 8.93. The molecule has 0 spiro atoms. The number of carbonyl (C=O) groups is 1. The molecule has 4 nitrogen and oxygen atoms in total. The fourth-order valence-corrected chi connectivity index (χ4v) is 3.35. The minimum atomic E-state index is -0.200. The second-order valence-electron chi connectivity index (χ2n) is 6.65. The van der Waals surface area contributed by atoms with E-state index in [1.807, 2.05) is 61.5 Å². The lowest BCUT2D eigenvalue weighted by atomic mass is 10.1. The summed E-state index contributed by atoms with van der Waals surface area (Å²) in [5.74, 6) is 0.172. The van der Waals surface area contributed by atoms with Gasteiger partial charge in [0.25, 0.3) is 5.91 Å². The van der Waals surface area contributed by atoms with E-state index < -0.39 is 0 Å². The molecular weight excluding hydrogens is 338 g/mol. The van der Waals surface area contributed by atoms with Crippen molar-refractivity contribution in [1.29, 1.82) is 0 Å². The number of nitrogens with one attached hydrogen (secondary N) is 1. The largest absolute Gasteiger partial charge is 0.450 e. The molecule has 0 saturated carbocycles. The number of hydrogen-bond donors (Lipinski definition) is 1. The lowest BCUT2D eigenvalue weighted by molar-refractivity contribution is 0.0924. The number of methoxy groups -OCH3 is 1. The van der Waals surface area contributed by atoms with Gasteiger partial charge in [0.05, 0.1) is 6.61 Å². The summed E-state index contributed by atoms with van der Waals surface area (Å²) in [6.07, 6.45) is 0. The standard InChI is InChI=1S/C23H21NO3/c1-15-19-12-11-18-5-3-4-6-20(18)22(19)27-21(15)23(25)24-13-16-7-9-17(10-8-16)14-26-2/h3-12H,13-14H2,1-2H3,(H,24,25). The molecule has 0 aliphatic carbocycles. The number of amides is 1. The minimum absolute atomic E-state index is 0.200. The van der Waals surface area contributed by atoms with E-state index in [9.17, 15) is 4.79 Å².